The van der Waals surface area contributed by atoms with Crippen LogP contribution in [0.25, 0.3) is 0 Å². The second-order valence-electron chi connectivity index (χ2n) is 2.65. The molecule has 0 aromatic carbocycles. The Morgan fingerprint density at radius 2 is 1.92 bits per heavy atom. The molecule has 0 fully saturated rings. The molecule has 72 valence electrons. The van der Waals surface area contributed by atoms with Crippen molar-refractivity contribution in [2.75, 3.05) is 7.11 Å². The van der Waals surface area contributed by atoms with E-state index in [1.165, 1.54) is 7.11 Å². The van der Waals surface area contributed by atoms with Crippen molar-refractivity contribution in [1.29, 1.82) is 0 Å². The summed E-state index contributed by atoms with van der Waals surface area (Å²) in [4.78, 5) is 22.9. The number of nitrogens with zero attached hydrogens (tertiary/aromatic N) is 1. The number of carbonyl (C=O) groups is 2. The molecule has 1 rings (SSSR count). The topological polar surface area (TPSA) is 66.8 Å². The number of hydrogen-bond donors (Lipinski definition) is 1. The number of rotatable bonds is 3. The van der Waals surface area contributed by atoms with Gasteiger partial charge in [0.2, 0.25) is 0 Å². The largest absolute Gasteiger partial charge is 0.348 e. The number of carbonyl (C=O) groups excluding carboxylic acids is 2. The van der Waals surface area contributed by atoms with Gasteiger partial charge in [-0.05, 0) is 0 Å². The Balaban J connectivity index is 2.93. The van der Waals surface area contributed by atoms with E-state index in [0.29, 0.717) is 4.90 Å². The highest BCUT2D eigenvalue weighted by Crippen LogP contribution is 2.21. The van der Waals surface area contributed by atoms with E-state index in [9.17, 15) is 14.7 Å². The molecule has 13 heavy (non-hydrogen) atoms. The summed E-state index contributed by atoms with van der Waals surface area (Å²) in [6, 6.07) is 0. The molecule has 0 saturated heterocycles. The summed E-state index contributed by atoms with van der Waals surface area (Å²) < 4.78 is 4.71. The molecule has 1 N–H and O–H groups in total. The van der Waals surface area contributed by atoms with E-state index in [0.717, 1.165) is 12.2 Å². The summed E-state index contributed by atoms with van der Waals surface area (Å²) in [6.45, 7) is 1.61. The van der Waals surface area contributed by atoms with Crippen molar-refractivity contribution in [3.63, 3.8) is 0 Å². The maximum atomic E-state index is 11.1. The van der Waals surface area contributed by atoms with Crippen LogP contribution in [0.4, 0.5) is 0 Å². The Morgan fingerprint density at radius 1 is 1.46 bits per heavy atom. The predicted molar refractivity (Wildman–Crippen MR) is 43.2 cm³/mol. The Morgan fingerprint density at radius 3 is 2.23 bits per heavy atom. The fourth-order valence-electron chi connectivity index (χ4n) is 1.14. The van der Waals surface area contributed by atoms with Crippen molar-refractivity contribution in [2.24, 2.45) is 0 Å². The predicted octanol–water partition coefficient (Wildman–Crippen LogP) is -0.386. The minimum absolute atomic E-state index is 0.128. The lowest BCUT2D eigenvalue weighted by Crippen LogP contribution is -2.52. The molecule has 0 bridgehead atoms. The quantitative estimate of drug-likeness (QED) is 0.480. The molecule has 0 saturated carbocycles. The van der Waals surface area contributed by atoms with E-state index in [2.05, 4.69) is 0 Å². The molecule has 2 amide bonds. The third-order valence-corrected chi connectivity index (χ3v) is 1.95. The smallest absolute Gasteiger partial charge is 0.257 e. The van der Waals surface area contributed by atoms with E-state index in [1.54, 1.807) is 6.92 Å². The summed E-state index contributed by atoms with van der Waals surface area (Å²) in [7, 11) is 1.24. The van der Waals surface area contributed by atoms with Crippen LogP contribution in [0.5, 0.6) is 0 Å². The average Bonchev–Trinajstić information content (AvgIpc) is 2.46. The summed E-state index contributed by atoms with van der Waals surface area (Å²) >= 11 is 0. The summed E-state index contributed by atoms with van der Waals surface area (Å²) in [6.07, 6.45) is 2.33. The van der Waals surface area contributed by atoms with Crippen molar-refractivity contribution in [1.82, 2.24) is 4.90 Å². The van der Waals surface area contributed by atoms with Gasteiger partial charge in [0.05, 0.1) is 0 Å². The Bertz CT molecular complexity index is 249. The van der Waals surface area contributed by atoms with Gasteiger partial charge < -0.3 is 9.84 Å². The molecule has 0 radical (unpaired) electrons. The summed E-state index contributed by atoms with van der Waals surface area (Å²) in [5.41, 5.74) is 0. The van der Waals surface area contributed by atoms with Crippen molar-refractivity contribution >= 4 is 11.8 Å². The molecule has 0 aromatic heterocycles. The van der Waals surface area contributed by atoms with Gasteiger partial charge >= 0.3 is 0 Å². The second-order valence-corrected chi connectivity index (χ2v) is 2.65. The molecule has 1 unspecified atom stereocenters. The molecular formula is C8H11NO4. The Hall–Kier alpha value is -1.20. The Kier molecular flexibility index (Phi) is 2.49. The lowest BCUT2D eigenvalue weighted by Gasteiger charge is -2.32. The number of ether oxygens (including phenoxy) is 1. The van der Waals surface area contributed by atoms with E-state index in [1.807, 2.05) is 0 Å². The SMILES string of the molecule is CCC(O)(OC)N1C(=O)C=CC1=O. The minimum atomic E-state index is -1.82. The van der Waals surface area contributed by atoms with E-state index >= 15 is 0 Å². The van der Waals surface area contributed by atoms with Gasteiger partial charge in [0.25, 0.3) is 17.7 Å². The highest BCUT2D eigenvalue weighted by Gasteiger charge is 2.41. The Labute approximate surface area is 75.6 Å². The van der Waals surface area contributed by atoms with Gasteiger partial charge in [-0.25, -0.2) is 4.90 Å². The molecule has 1 aliphatic heterocycles. The van der Waals surface area contributed by atoms with Gasteiger partial charge in [-0.2, -0.15) is 0 Å². The molecule has 5 nitrogen and oxygen atoms in total. The molecule has 0 spiro atoms. The van der Waals surface area contributed by atoms with Crippen LogP contribution < -0.4 is 0 Å². The van der Waals surface area contributed by atoms with E-state index in [4.69, 9.17) is 4.74 Å². The zero-order chi connectivity index (χ0) is 10.1. The van der Waals surface area contributed by atoms with Crippen molar-refractivity contribution < 1.29 is 19.4 Å². The number of aliphatic hydroxyl groups is 1. The highest BCUT2D eigenvalue weighted by molar-refractivity contribution is 6.13. The first-order valence-corrected chi connectivity index (χ1v) is 3.89. The fourth-order valence-corrected chi connectivity index (χ4v) is 1.14. The number of methoxy groups -OCH3 is 1. The van der Waals surface area contributed by atoms with Gasteiger partial charge in [0.15, 0.2) is 0 Å². The van der Waals surface area contributed by atoms with E-state index < -0.39 is 17.7 Å². The van der Waals surface area contributed by atoms with Crippen LogP contribution >= 0.6 is 0 Å². The van der Waals surface area contributed by atoms with Crippen LogP contribution in [0.1, 0.15) is 13.3 Å². The zero-order valence-electron chi connectivity index (χ0n) is 7.48. The lowest BCUT2D eigenvalue weighted by molar-refractivity contribution is -0.263. The van der Waals surface area contributed by atoms with Crippen LogP contribution in [-0.4, -0.2) is 34.8 Å². The van der Waals surface area contributed by atoms with Crippen molar-refractivity contribution in [2.45, 2.75) is 19.3 Å². The van der Waals surface area contributed by atoms with E-state index in [-0.39, 0.29) is 6.42 Å². The third kappa shape index (κ3) is 1.48. The molecule has 0 aliphatic carbocycles. The first-order chi connectivity index (χ1) is 6.05. The number of amides is 2. The lowest BCUT2D eigenvalue weighted by atomic mass is 10.3. The number of hydrogen-bond acceptors (Lipinski definition) is 4. The van der Waals surface area contributed by atoms with Crippen molar-refractivity contribution in [3.05, 3.63) is 12.2 Å². The monoisotopic (exact) mass is 185 g/mol. The van der Waals surface area contributed by atoms with Crippen LogP contribution in [0.3, 0.4) is 0 Å². The highest BCUT2D eigenvalue weighted by atomic mass is 16.6. The van der Waals surface area contributed by atoms with Crippen LogP contribution in [-0.2, 0) is 14.3 Å². The van der Waals surface area contributed by atoms with Gasteiger partial charge in [-0.15, -0.1) is 0 Å². The van der Waals surface area contributed by atoms with Crippen molar-refractivity contribution in [3.8, 4) is 0 Å². The fraction of sp³-hybridized carbons (Fsp3) is 0.500. The first kappa shape index (κ1) is 9.88. The van der Waals surface area contributed by atoms with Crippen LogP contribution in [0.15, 0.2) is 12.2 Å². The normalized spacial score (nSPS) is 21.0. The number of imide groups is 1. The molecule has 1 aliphatic rings. The summed E-state index contributed by atoms with van der Waals surface area (Å²) in [5, 5.41) is 9.69. The second kappa shape index (κ2) is 3.27. The maximum Gasteiger partial charge on any atom is 0.257 e. The van der Waals surface area contributed by atoms with Gasteiger partial charge in [0, 0.05) is 25.7 Å². The standard InChI is InChI=1S/C8H11NO4/c1-3-8(12,13-2)9-6(10)4-5-7(9)11/h4-5,12H,3H2,1-2H3. The third-order valence-electron chi connectivity index (χ3n) is 1.95. The zero-order valence-corrected chi connectivity index (χ0v) is 7.48. The van der Waals surface area contributed by atoms with Gasteiger partial charge in [-0.3, -0.25) is 9.59 Å². The first-order valence-electron chi connectivity index (χ1n) is 3.89. The van der Waals surface area contributed by atoms with Crippen LogP contribution in [0.2, 0.25) is 0 Å². The summed E-state index contributed by atoms with van der Waals surface area (Å²) in [5.74, 6) is -2.94. The molecule has 1 atom stereocenters. The maximum absolute atomic E-state index is 11.1. The molecule has 1 heterocycles. The van der Waals surface area contributed by atoms with Gasteiger partial charge in [-0.1, -0.05) is 6.92 Å². The molecular weight excluding hydrogens is 174 g/mol. The minimum Gasteiger partial charge on any atom is -0.348 e. The van der Waals surface area contributed by atoms with Gasteiger partial charge in [0.1, 0.15) is 0 Å². The molecule has 0 aromatic rings. The average molecular weight is 185 g/mol. The van der Waals surface area contributed by atoms with Crippen LogP contribution in [0, 0.1) is 0 Å². The molecule has 5 heteroatoms.